The molecule has 0 bridgehead atoms. The second-order valence-corrected chi connectivity index (χ2v) is 4.83. The monoisotopic (exact) mass is 278 g/mol. The number of benzene rings is 2. The number of ether oxygens (including phenoxy) is 1. The first-order valence-corrected chi connectivity index (χ1v) is 6.64. The van der Waals surface area contributed by atoms with Crippen LogP contribution in [0, 0.1) is 11.3 Å². The van der Waals surface area contributed by atoms with Gasteiger partial charge in [0.25, 0.3) is 0 Å². The maximum absolute atomic E-state index is 9.17. The van der Waals surface area contributed by atoms with Gasteiger partial charge in [0.15, 0.2) is 5.75 Å². The molecule has 0 unspecified atom stereocenters. The van der Waals surface area contributed by atoms with Crippen LogP contribution in [0.1, 0.15) is 24.3 Å². The van der Waals surface area contributed by atoms with E-state index in [-0.39, 0.29) is 11.8 Å². The highest BCUT2D eigenvalue weighted by atomic mass is 16.5. The largest absolute Gasteiger partial charge is 0.452 e. The molecule has 1 heterocycles. The highest BCUT2D eigenvalue weighted by Gasteiger charge is 2.15. The molecule has 1 atom stereocenters. The summed E-state index contributed by atoms with van der Waals surface area (Å²) in [6, 6.07) is 16.9. The molecule has 4 heteroatoms. The van der Waals surface area contributed by atoms with Crippen molar-refractivity contribution in [3.8, 4) is 17.6 Å². The molecule has 0 amide bonds. The van der Waals surface area contributed by atoms with E-state index in [9.17, 15) is 5.26 Å². The zero-order chi connectivity index (χ0) is 14.8. The lowest BCUT2D eigenvalue weighted by Gasteiger charge is -2.08. The quantitative estimate of drug-likeness (QED) is 0.782. The molecule has 0 spiro atoms. The molecule has 2 aromatic carbocycles. The van der Waals surface area contributed by atoms with Crippen LogP contribution in [0.3, 0.4) is 0 Å². The van der Waals surface area contributed by atoms with Crippen LogP contribution >= 0.6 is 0 Å². The summed E-state index contributed by atoms with van der Waals surface area (Å²) in [7, 11) is 0. The molecule has 0 aliphatic rings. The summed E-state index contributed by atoms with van der Waals surface area (Å²) in [5.74, 6) is 1.26. The molecule has 4 nitrogen and oxygen atoms in total. The number of rotatable bonds is 3. The van der Waals surface area contributed by atoms with Crippen molar-refractivity contribution in [3.05, 3.63) is 59.9 Å². The van der Waals surface area contributed by atoms with Gasteiger partial charge in [-0.3, -0.25) is 0 Å². The molecule has 3 aromatic rings. The summed E-state index contributed by atoms with van der Waals surface area (Å²) in [6.45, 7) is 1.92. The minimum absolute atomic E-state index is 0.0246. The Labute approximate surface area is 122 Å². The Morgan fingerprint density at radius 3 is 2.52 bits per heavy atom. The van der Waals surface area contributed by atoms with E-state index >= 15 is 0 Å². The lowest BCUT2D eigenvalue weighted by atomic mass is 10.1. The van der Waals surface area contributed by atoms with Crippen LogP contribution in [0.25, 0.3) is 11.0 Å². The van der Waals surface area contributed by atoms with Crippen molar-refractivity contribution in [2.75, 3.05) is 0 Å². The molecule has 3 rings (SSSR count). The molecule has 0 saturated heterocycles. The summed E-state index contributed by atoms with van der Waals surface area (Å²) in [5.41, 5.74) is 7.48. The first-order chi connectivity index (χ1) is 10.2. The smallest absolute Gasteiger partial charge is 0.247 e. The van der Waals surface area contributed by atoms with Crippen LogP contribution < -0.4 is 10.5 Å². The molecule has 104 valence electrons. The minimum Gasteiger partial charge on any atom is -0.452 e. The van der Waals surface area contributed by atoms with E-state index in [0.717, 1.165) is 10.9 Å². The average molecular weight is 278 g/mol. The third-order valence-corrected chi connectivity index (χ3v) is 3.28. The highest BCUT2D eigenvalue weighted by Crippen LogP contribution is 2.35. The Morgan fingerprint density at radius 2 is 1.86 bits per heavy atom. The molecular formula is C17H14N2O2. The normalized spacial score (nSPS) is 12.0. The molecule has 0 saturated carbocycles. The molecule has 0 aliphatic heterocycles. The van der Waals surface area contributed by atoms with E-state index in [1.54, 1.807) is 0 Å². The fourth-order valence-corrected chi connectivity index (χ4v) is 2.15. The molecule has 0 radical (unpaired) electrons. The third-order valence-electron chi connectivity index (χ3n) is 3.28. The Hall–Kier alpha value is -2.77. The number of nitriles is 1. The van der Waals surface area contributed by atoms with Crippen LogP contribution in [-0.2, 0) is 0 Å². The van der Waals surface area contributed by atoms with Gasteiger partial charge in [0, 0.05) is 6.04 Å². The maximum Gasteiger partial charge on any atom is 0.247 e. The molecule has 0 fully saturated rings. The van der Waals surface area contributed by atoms with Gasteiger partial charge in [-0.15, -0.1) is 0 Å². The predicted molar refractivity (Wildman–Crippen MR) is 80.0 cm³/mol. The van der Waals surface area contributed by atoms with Crippen molar-refractivity contribution in [2.24, 2.45) is 5.73 Å². The number of furan rings is 1. The molecule has 0 aliphatic carbocycles. The molecular weight excluding hydrogens is 264 g/mol. The highest BCUT2D eigenvalue weighted by molar-refractivity contribution is 5.86. The number of hydrogen-bond acceptors (Lipinski definition) is 4. The predicted octanol–water partition coefficient (Wildman–Crippen LogP) is 4.12. The molecule has 1 aromatic heterocycles. The van der Waals surface area contributed by atoms with Crippen molar-refractivity contribution in [1.29, 1.82) is 5.26 Å². The van der Waals surface area contributed by atoms with Gasteiger partial charge >= 0.3 is 0 Å². The van der Waals surface area contributed by atoms with E-state index < -0.39 is 0 Å². The van der Waals surface area contributed by atoms with Crippen molar-refractivity contribution in [3.63, 3.8) is 0 Å². The standard InChI is InChI=1S/C17H14N2O2/c1-11(19)12-6-8-13(9-7-12)20-17-14-4-2-3-5-15(14)21-16(17)10-18/h2-9,11H,19H2,1H3/t11-/m0/s1. The van der Waals surface area contributed by atoms with Gasteiger partial charge < -0.3 is 14.9 Å². The van der Waals surface area contributed by atoms with E-state index in [1.165, 1.54) is 0 Å². The van der Waals surface area contributed by atoms with Crippen molar-refractivity contribution < 1.29 is 9.15 Å². The SMILES string of the molecule is C[C@H](N)c1ccc(Oc2c(C#N)oc3ccccc23)cc1. The fraction of sp³-hybridized carbons (Fsp3) is 0.118. The fourth-order valence-electron chi connectivity index (χ4n) is 2.15. The zero-order valence-electron chi connectivity index (χ0n) is 11.5. The number of para-hydroxylation sites is 1. The number of fused-ring (bicyclic) bond motifs is 1. The third kappa shape index (κ3) is 2.47. The second-order valence-electron chi connectivity index (χ2n) is 4.83. The summed E-state index contributed by atoms with van der Waals surface area (Å²) < 4.78 is 11.3. The Balaban J connectivity index is 1.99. The van der Waals surface area contributed by atoms with E-state index in [0.29, 0.717) is 17.1 Å². The van der Waals surface area contributed by atoms with Gasteiger partial charge in [0.2, 0.25) is 5.76 Å². The van der Waals surface area contributed by atoms with E-state index in [4.69, 9.17) is 14.9 Å². The van der Waals surface area contributed by atoms with Crippen molar-refractivity contribution in [1.82, 2.24) is 0 Å². The van der Waals surface area contributed by atoms with Crippen LogP contribution in [0.4, 0.5) is 0 Å². The zero-order valence-corrected chi connectivity index (χ0v) is 11.5. The summed E-state index contributed by atoms with van der Waals surface area (Å²) in [5, 5.41) is 9.96. The maximum atomic E-state index is 9.17. The Morgan fingerprint density at radius 1 is 1.14 bits per heavy atom. The Bertz CT molecular complexity index is 811. The van der Waals surface area contributed by atoms with E-state index in [2.05, 4.69) is 0 Å². The minimum atomic E-state index is -0.0246. The van der Waals surface area contributed by atoms with Crippen LogP contribution in [0.5, 0.6) is 11.5 Å². The van der Waals surface area contributed by atoms with Gasteiger partial charge in [-0.25, -0.2) is 0 Å². The van der Waals surface area contributed by atoms with Gasteiger partial charge in [0.1, 0.15) is 17.4 Å². The number of hydrogen-bond donors (Lipinski definition) is 1. The van der Waals surface area contributed by atoms with Crippen molar-refractivity contribution >= 4 is 11.0 Å². The average Bonchev–Trinajstić information content (AvgIpc) is 2.86. The number of nitrogens with two attached hydrogens (primary N) is 1. The summed E-state index contributed by atoms with van der Waals surface area (Å²) >= 11 is 0. The first kappa shape index (κ1) is 13.2. The van der Waals surface area contributed by atoms with Gasteiger partial charge in [-0.1, -0.05) is 24.3 Å². The molecule has 21 heavy (non-hydrogen) atoms. The van der Waals surface area contributed by atoms with E-state index in [1.807, 2.05) is 61.5 Å². The van der Waals surface area contributed by atoms with Gasteiger partial charge in [-0.2, -0.15) is 5.26 Å². The van der Waals surface area contributed by atoms with Crippen LogP contribution in [-0.4, -0.2) is 0 Å². The van der Waals surface area contributed by atoms with Crippen LogP contribution in [0.15, 0.2) is 52.9 Å². The topological polar surface area (TPSA) is 72.2 Å². The molecule has 2 N–H and O–H groups in total. The lowest BCUT2D eigenvalue weighted by Crippen LogP contribution is -2.04. The lowest BCUT2D eigenvalue weighted by molar-refractivity contribution is 0.467. The van der Waals surface area contributed by atoms with Gasteiger partial charge in [-0.05, 0) is 36.8 Å². The second kappa shape index (κ2) is 5.31. The van der Waals surface area contributed by atoms with Gasteiger partial charge in [0.05, 0.1) is 5.39 Å². The summed E-state index contributed by atoms with van der Waals surface area (Å²) in [6.07, 6.45) is 0. The van der Waals surface area contributed by atoms with Crippen LogP contribution in [0.2, 0.25) is 0 Å². The summed E-state index contributed by atoms with van der Waals surface area (Å²) in [4.78, 5) is 0. The first-order valence-electron chi connectivity index (χ1n) is 6.64. The van der Waals surface area contributed by atoms with Crippen molar-refractivity contribution in [2.45, 2.75) is 13.0 Å². The number of nitrogens with zero attached hydrogens (tertiary/aromatic N) is 1. The Kier molecular flexibility index (Phi) is 3.35.